The molecule has 5 heteroatoms. The van der Waals surface area contributed by atoms with E-state index in [1.54, 1.807) is 36.5 Å². The predicted octanol–water partition coefficient (Wildman–Crippen LogP) is 4.14. The van der Waals surface area contributed by atoms with E-state index in [1.807, 2.05) is 38.1 Å². The van der Waals surface area contributed by atoms with Crippen molar-refractivity contribution in [3.8, 4) is 11.8 Å². The van der Waals surface area contributed by atoms with Gasteiger partial charge in [0.05, 0.1) is 0 Å². The van der Waals surface area contributed by atoms with Gasteiger partial charge in [-0.15, -0.1) is 0 Å². The van der Waals surface area contributed by atoms with E-state index >= 15 is 0 Å². The zero-order valence-corrected chi connectivity index (χ0v) is 13.5. The van der Waals surface area contributed by atoms with E-state index < -0.39 is 0 Å². The number of nitrogens with zero attached hydrogens (tertiary/aromatic N) is 2. The molecule has 24 heavy (non-hydrogen) atoms. The highest BCUT2D eigenvalue weighted by Crippen LogP contribution is 2.20. The first kappa shape index (κ1) is 15.7. The molecule has 5 nitrogen and oxygen atoms in total. The first-order valence-corrected chi connectivity index (χ1v) is 7.56. The van der Waals surface area contributed by atoms with Crippen molar-refractivity contribution in [3.05, 3.63) is 77.6 Å². The fraction of sp³-hybridized carbons (Fsp3) is 0.105. The van der Waals surface area contributed by atoms with Gasteiger partial charge in [0, 0.05) is 23.1 Å². The van der Waals surface area contributed by atoms with Gasteiger partial charge >= 0.3 is 6.01 Å². The first-order chi connectivity index (χ1) is 11.6. The number of carbonyl (C=O) groups is 1. The van der Waals surface area contributed by atoms with Crippen molar-refractivity contribution < 1.29 is 9.53 Å². The molecule has 0 fully saturated rings. The van der Waals surface area contributed by atoms with E-state index in [9.17, 15) is 4.79 Å². The van der Waals surface area contributed by atoms with Gasteiger partial charge in [0.25, 0.3) is 5.91 Å². The van der Waals surface area contributed by atoms with Gasteiger partial charge in [0.15, 0.2) is 0 Å². The largest absolute Gasteiger partial charge is 0.424 e. The standard InChI is InChI=1S/C19H17N3O2/c1-13-6-8-16(9-7-13)22-18(23)15-4-3-5-17(12-15)24-19-20-11-10-14(2)21-19/h3-12H,1-2H3,(H,22,23). The Bertz CT molecular complexity index is 860. The summed E-state index contributed by atoms with van der Waals surface area (Å²) in [7, 11) is 0. The van der Waals surface area contributed by atoms with Crippen molar-refractivity contribution in [3.63, 3.8) is 0 Å². The van der Waals surface area contributed by atoms with Crippen LogP contribution in [0.5, 0.6) is 11.8 Å². The van der Waals surface area contributed by atoms with Crippen LogP contribution in [-0.4, -0.2) is 15.9 Å². The molecule has 0 aliphatic heterocycles. The van der Waals surface area contributed by atoms with Gasteiger partial charge in [-0.05, 0) is 50.2 Å². The number of carbonyl (C=O) groups excluding carboxylic acids is 1. The van der Waals surface area contributed by atoms with Gasteiger partial charge in [0.2, 0.25) is 0 Å². The number of amides is 1. The molecule has 1 aromatic heterocycles. The molecule has 3 aromatic rings. The van der Waals surface area contributed by atoms with Crippen LogP contribution in [0.4, 0.5) is 5.69 Å². The Kier molecular flexibility index (Phi) is 4.52. The molecule has 0 saturated carbocycles. The topological polar surface area (TPSA) is 64.1 Å². The van der Waals surface area contributed by atoms with E-state index in [0.717, 1.165) is 16.9 Å². The van der Waals surface area contributed by atoms with Crippen LogP contribution >= 0.6 is 0 Å². The summed E-state index contributed by atoms with van der Waals surface area (Å²) in [5, 5.41) is 2.86. The molecule has 120 valence electrons. The fourth-order valence-electron chi connectivity index (χ4n) is 2.12. The molecular formula is C19H17N3O2. The molecule has 0 radical (unpaired) electrons. The summed E-state index contributed by atoms with van der Waals surface area (Å²) in [5.41, 5.74) is 3.20. The minimum absolute atomic E-state index is 0.200. The van der Waals surface area contributed by atoms with Crippen LogP contribution in [0.15, 0.2) is 60.8 Å². The molecule has 0 aliphatic rings. The molecule has 1 N–H and O–H groups in total. The third-order valence-corrected chi connectivity index (χ3v) is 3.39. The summed E-state index contributed by atoms with van der Waals surface area (Å²) in [6.07, 6.45) is 1.63. The third-order valence-electron chi connectivity index (χ3n) is 3.39. The first-order valence-electron chi connectivity index (χ1n) is 7.56. The lowest BCUT2D eigenvalue weighted by Crippen LogP contribution is -2.11. The van der Waals surface area contributed by atoms with Crippen LogP contribution in [0, 0.1) is 13.8 Å². The summed E-state index contributed by atoms with van der Waals surface area (Å²) >= 11 is 0. The van der Waals surface area contributed by atoms with Gasteiger partial charge in [-0.2, -0.15) is 0 Å². The second-order valence-corrected chi connectivity index (χ2v) is 5.43. The van der Waals surface area contributed by atoms with Gasteiger partial charge in [-0.3, -0.25) is 4.79 Å². The highest BCUT2D eigenvalue weighted by atomic mass is 16.5. The number of hydrogen-bond acceptors (Lipinski definition) is 4. The Hall–Kier alpha value is -3.21. The van der Waals surface area contributed by atoms with Crippen LogP contribution in [0.25, 0.3) is 0 Å². The average molecular weight is 319 g/mol. The lowest BCUT2D eigenvalue weighted by atomic mass is 10.2. The second kappa shape index (κ2) is 6.91. The van der Waals surface area contributed by atoms with E-state index in [2.05, 4.69) is 15.3 Å². The maximum absolute atomic E-state index is 12.4. The van der Waals surface area contributed by atoms with Crippen molar-refractivity contribution >= 4 is 11.6 Å². The van der Waals surface area contributed by atoms with E-state index in [-0.39, 0.29) is 11.9 Å². The van der Waals surface area contributed by atoms with Gasteiger partial charge in [0.1, 0.15) is 5.75 Å². The minimum atomic E-state index is -0.200. The molecule has 1 amide bonds. The molecule has 0 bridgehead atoms. The number of aryl methyl sites for hydroxylation is 2. The molecule has 0 saturated heterocycles. The highest BCUT2D eigenvalue weighted by Gasteiger charge is 2.08. The number of rotatable bonds is 4. The number of ether oxygens (including phenoxy) is 1. The van der Waals surface area contributed by atoms with Gasteiger partial charge < -0.3 is 10.1 Å². The molecule has 1 heterocycles. The van der Waals surface area contributed by atoms with Crippen LogP contribution in [-0.2, 0) is 0 Å². The molecule has 3 rings (SSSR count). The normalized spacial score (nSPS) is 10.2. The zero-order valence-electron chi connectivity index (χ0n) is 13.5. The Labute approximate surface area is 140 Å². The molecule has 0 atom stereocenters. The summed E-state index contributed by atoms with van der Waals surface area (Å²) in [5.74, 6) is 0.312. The van der Waals surface area contributed by atoms with E-state index in [4.69, 9.17) is 4.74 Å². The Morgan fingerprint density at radius 1 is 1.04 bits per heavy atom. The number of aromatic nitrogens is 2. The van der Waals surface area contributed by atoms with Crippen LogP contribution in [0.1, 0.15) is 21.6 Å². The van der Waals surface area contributed by atoms with Crippen molar-refractivity contribution in [1.82, 2.24) is 9.97 Å². The zero-order chi connectivity index (χ0) is 16.9. The van der Waals surface area contributed by atoms with E-state index in [0.29, 0.717) is 11.3 Å². The molecule has 0 aliphatic carbocycles. The van der Waals surface area contributed by atoms with Crippen molar-refractivity contribution in [2.24, 2.45) is 0 Å². The number of anilines is 1. The average Bonchev–Trinajstić information content (AvgIpc) is 2.57. The Morgan fingerprint density at radius 3 is 2.58 bits per heavy atom. The molecule has 2 aromatic carbocycles. The van der Waals surface area contributed by atoms with Crippen LogP contribution in [0.2, 0.25) is 0 Å². The molecule has 0 spiro atoms. The number of benzene rings is 2. The quantitative estimate of drug-likeness (QED) is 0.785. The fourth-order valence-corrected chi connectivity index (χ4v) is 2.12. The highest BCUT2D eigenvalue weighted by molar-refractivity contribution is 6.04. The monoisotopic (exact) mass is 319 g/mol. The molecule has 0 unspecified atom stereocenters. The smallest absolute Gasteiger partial charge is 0.322 e. The van der Waals surface area contributed by atoms with Crippen LogP contribution in [0.3, 0.4) is 0 Å². The third kappa shape index (κ3) is 3.95. The summed E-state index contributed by atoms with van der Waals surface area (Å²) < 4.78 is 5.61. The molecular weight excluding hydrogens is 302 g/mol. The van der Waals surface area contributed by atoms with E-state index in [1.165, 1.54) is 0 Å². The maximum atomic E-state index is 12.4. The number of hydrogen-bond donors (Lipinski definition) is 1. The summed E-state index contributed by atoms with van der Waals surface area (Å²) in [6, 6.07) is 16.6. The maximum Gasteiger partial charge on any atom is 0.322 e. The van der Waals surface area contributed by atoms with Crippen molar-refractivity contribution in [2.45, 2.75) is 13.8 Å². The van der Waals surface area contributed by atoms with Gasteiger partial charge in [-0.25, -0.2) is 9.97 Å². The van der Waals surface area contributed by atoms with Crippen molar-refractivity contribution in [1.29, 1.82) is 0 Å². The Balaban J connectivity index is 1.74. The number of nitrogens with one attached hydrogen (secondary N) is 1. The second-order valence-electron chi connectivity index (χ2n) is 5.43. The summed E-state index contributed by atoms with van der Waals surface area (Å²) in [6.45, 7) is 3.86. The lowest BCUT2D eigenvalue weighted by Gasteiger charge is -2.08. The minimum Gasteiger partial charge on any atom is -0.424 e. The van der Waals surface area contributed by atoms with Gasteiger partial charge in [-0.1, -0.05) is 23.8 Å². The lowest BCUT2D eigenvalue weighted by molar-refractivity contribution is 0.102. The summed E-state index contributed by atoms with van der Waals surface area (Å²) in [4.78, 5) is 20.6. The van der Waals surface area contributed by atoms with Crippen LogP contribution < -0.4 is 10.1 Å². The SMILES string of the molecule is Cc1ccc(NC(=O)c2cccc(Oc3nccc(C)n3)c2)cc1. The Morgan fingerprint density at radius 2 is 1.83 bits per heavy atom. The van der Waals surface area contributed by atoms with Crippen molar-refractivity contribution in [2.75, 3.05) is 5.32 Å². The predicted molar refractivity (Wildman–Crippen MR) is 92.4 cm³/mol.